The van der Waals surface area contributed by atoms with Crippen molar-refractivity contribution in [3.63, 3.8) is 0 Å². The Bertz CT molecular complexity index is 1060. The second-order valence-electron chi connectivity index (χ2n) is 6.67. The summed E-state index contributed by atoms with van der Waals surface area (Å²) in [6.07, 6.45) is 6.17. The zero-order chi connectivity index (χ0) is 19.2. The first-order valence-corrected chi connectivity index (χ1v) is 9.38. The van der Waals surface area contributed by atoms with E-state index in [4.69, 9.17) is 4.42 Å². The number of carbonyl (C=O) groups excluding carboxylic acids is 1. The van der Waals surface area contributed by atoms with Crippen molar-refractivity contribution in [2.45, 2.75) is 25.8 Å². The molecule has 4 rings (SSSR count). The monoisotopic (exact) mass is 371 g/mol. The van der Waals surface area contributed by atoms with Crippen LogP contribution >= 0.6 is 0 Å². The quantitative estimate of drug-likeness (QED) is 0.525. The van der Waals surface area contributed by atoms with E-state index in [0.29, 0.717) is 29.1 Å². The lowest BCUT2D eigenvalue weighted by Crippen LogP contribution is -2.22. The first-order valence-electron chi connectivity index (χ1n) is 9.38. The van der Waals surface area contributed by atoms with Crippen LogP contribution in [0.4, 0.5) is 0 Å². The van der Waals surface area contributed by atoms with Crippen LogP contribution in [0, 0.1) is 0 Å². The van der Waals surface area contributed by atoms with Gasteiger partial charge in [-0.2, -0.15) is 0 Å². The fraction of sp³-hybridized carbons (Fsp3) is 0.174. The van der Waals surface area contributed by atoms with E-state index in [1.54, 1.807) is 24.5 Å². The molecule has 2 heterocycles. The number of fused-ring (bicyclic) bond motifs is 1. The molecule has 0 spiro atoms. The third-order valence-electron chi connectivity index (χ3n) is 4.57. The van der Waals surface area contributed by atoms with Crippen LogP contribution in [-0.2, 0) is 19.4 Å². The van der Waals surface area contributed by atoms with Gasteiger partial charge in [0.25, 0.3) is 5.91 Å². The topological polar surface area (TPSA) is 68.0 Å². The van der Waals surface area contributed by atoms with E-state index < -0.39 is 0 Å². The minimum atomic E-state index is -0.139. The van der Waals surface area contributed by atoms with Gasteiger partial charge >= 0.3 is 0 Å². The Morgan fingerprint density at radius 2 is 1.82 bits per heavy atom. The maximum Gasteiger partial charge on any atom is 0.251 e. The molecule has 0 aliphatic carbocycles. The second-order valence-corrected chi connectivity index (χ2v) is 6.67. The summed E-state index contributed by atoms with van der Waals surface area (Å²) in [5.74, 6) is 0.568. The van der Waals surface area contributed by atoms with Crippen LogP contribution in [0.2, 0.25) is 0 Å². The molecule has 0 aliphatic heterocycles. The Balaban J connectivity index is 1.37. The largest absolute Gasteiger partial charge is 0.441 e. The Labute approximate surface area is 163 Å². The smallest absolute Gasteiger partial charge is 0.251 e. The van der Waals surface area contributed by atoms with Crippen LogP contribution < -0.4 is 5.32 Å². The van der Waals surface area contributed by atoms with Gasteiger partial charge in [0.2, 0.25) is 0 Å². The molecule has 5 heteroatoms. The number of benzene rings is 2. The number of carbonyl (C=O) groups is 1. The van der Waals surface area contributed by atoms with E-state index in [9.17, 15) is 4.79 Å². The van der Waals surface area contributed by atoms with E-state index >= 15 is 0 Å². The van der Waals surface area contributed by atoms with Crippen molar-refractivity contribution in [1.29, 1.82) is 0 Å². The molecular formula is C23H21N3O2. The van der Waals surface area contributed by atoms with Crippen molar-refractivity contribution in [2.24, 2.45) is 0 Å². The Hall–Kier alpha value is -3.47. The van der Waals surface area contributed by atoms with Crippen molar-refractivity contribution in [3.8, 4) is 0 Å². The normalized spacial score (nSPS) is 10.9. The van der Waals surface area contributed by atoms with Crippen LogP contribution in [0.25, 0.3) is 11.1 Å². The summed E-state index contributed by atoms with van der Waals surface area (Å²) in [6.45, 7) is 0.439. The highest BCUT2D eigenvalue weighted by atomic mass is 16.3. The number of aromatic nitrogens is 2. The molecule has 0 saturated heterocycles. The highest BCUT2D eigenvalue weighted by Crippen LogP contribution is 2.19. The lowest BCUT2D eigenvalue weighted by Gasteiger charge is -2.04. The van der Waals surface area contributed by atoms with Crippen LogP contribution in [0.1, 0.15) is 33.8 Å². The molecule has 28 heavy (non-hydrogen) atoms. The van der Waals surface area contributed by atoms with Gasteiger partial charge < -0.3 is 9.73 Å². The van der Waals surface area contributed by atoms with Gasteiger partial charge in [-0.15, -0.1) is 0 Å². The first kappa shape index (κ1) is 17.9. The average Bonchev–Trinajstić information content (AvgIpc) is 3.15. The number of aryl methyl sites for hydroxylation is 2. The predicted molar refractivity (Wildman–Crippen MR) is 108 cm³/mol. The minimum absolute atomic E-state index is 0.139. The highest BCUT2D eigenvalue weighted by molar-refractivity contribution is 5.97. The van der Waals surface area contributed by atoms with Crippen LogP contribution in [0.15, 0.2) is 77.5 Å². The molecule has 2 aromatic carbocycles. The van der Waals surface area contributed by atoms with Crippen LogP contribution in [0.5, 0.6) is 0 Å². The second kappa shape index (κ2) is 8.48. The predicted octanol–water partition coefficient (Wildman–Crippen LogP) is 4.33. The van der Waals surface area contributed by atoms with Crippen molar-refractivity contribution in [1.82, 2.24) is 15.3 Å². The summed E-state index contributed by atoms with van der Waals surface area (Å²) in [6, 6.07) is 19.5. The lowest BCUT2D eigenvalue weighted by atomic mass is 10.1. The maximum absolute atomic E-state index is 12.4. The van der Waals surface area contributed by atoms with Crippen LogP contribution in [0.3, 0.4) is 0 Å². The summed E-state index contributed by atoms with van der Waals surface area (Å²) in [4.78, 5) is 21.0. The Kier molecular flexibility index (Phi) is 5.43. The molecular weight excluding hydrogens is 350 g/mol. The summed E-state index contributed by atoms with van der Waals surface area (Å²) >= 11 is 0. The van der Waals surface area contributed by atoms with E-state index in [-0.39, 0.29) is 5.91 Å². The van der Waals surface area contributed by atoms with Gasteiger partial charge in [0, 0.05) is 30.9 Å². The molecule has 0 radical (unpaired) electrons. The van der Waals surface area contributed by atoms with Crippen molar-refractivity contribution < 1.29 is 9.21 Å². The number of rotatable bonds is 7. The number of oxazole rings is 1. The van der Waals surface area contributed by atoms with Crippen LogP contribution in [-0.4, -0.2) is 15.9 Å². The summed E-state index contributed by atoms with van der Waals surface area (Å²) in [5.41, 5.74) is 4.26. The fourth-order valence-electron chi connectivity index (χ4n) is 3.10. The minimum Gasteiger partial charge on any atom is -0.441 e. The Morgan fingerprint density at radius 1 is 0.964 bits per heavy atom. The number of amides is 1. The molecule has 4 aromatic rings. The Morgan fingerprint density at radius 3 is 2.64 bits per heavy atom. The molecule has 5 nitrogen and oxygen atoms in total. The number of hydrogen-bond donors (Lipinski definition) is 1. The molecule has 0 aliphatic rings. The molecule has 1 N–H and O–H groups in total. The first-order chi connectivity index (χ1) is 13.8. The van der Waals surface area contributed by atoms with Gasteiger partial charge in [-0.25, -0.2) is 4.98 Å². The highest BCUT2D eigenvalue weighted by Gasteiger charge is 2.11. The molecule has 0 saturated carbocycles. The van der Waals surface area contributed by atoms with E-state index in [1.165, 1.54) is 5.56 Å². The summed E-state index contributed by atoms with van der Waals surface area (Å²) in [5, 5.41) is 2.90. The number of pyridine rings is 1. The zero-order valence-electron chi connectivity index (χ0n) is 15.5. The molecule has 0 bridgehead atoms. The molecule has 140 valence electrons. The third-order valence-corrected chi connectivity index (χ3v) is 4.57. The molecule has 0 fully saturated rings. The molecule has 0 unspecified atom stereocenters. The molecule has 1 amide bonds. The van der Waals surface area contributed by atoms with Crippen molar-refractivity contribution in [2.75, 3.05) is 0 Å². The standard InChI is InChI=1S/C23H21N3O2/c27-23(25-16-18-9-5-13-24-15-18)19-11-12-21-20(14-19)26-22(28-21)10-4-8-17-6-2-1-3-7-17/h1-3,5-7,9,11-15H,4,8,10,16H2,(H,25,27). The van der Waals surface area contributed by atoms with Crippen molar-refractivity contribution in [3.05, 3.63) is 95.6 Å². The van der Waals surface area contributed by atoms with Crippen molar-refractivity contribution >= 4 is 17.0 Å². The molecule has 0 atom stereocenters. The van der Waals surface area contributed by atoms with Gasteiger partial charge in [0.15, 0.2) is 11.5 Å². The van der Waals surface area contributed by atoms with Gasteiger partial charge in [-0.3, -0.25) is 9.78 Å². The van der Waals surface area contributed by atoms with Gasteiger partial charge in [-0.1, -0.05) is 36.4 Å². The summed E-state index contributed by atoms with van der Waals surface area (Å²) in [7, 11) is 0. The SMILES string of the molecule is O=C(NCc1cccnc1)c1ccc2oc(CCCc3ccccc3)nc2c1. The van der Waals surface area contributed by atoms with Gasteiger partial charge in [0.05, 0.1) is 0 Å². The zero-order valence-corrected chi connectivity index (χ0v) is 15.5. The van der Waals surface area contributed by atoms with E-state index in [2.05, 4.69) is 39.6 Å². The number of nitrogens with one attached hydrogen (secondary N) is 1. The maximum atomic E-state index is 12.4. The summed E-state index contributed by atoms with van der Waals surface area (Å²) < 4.78 is 5.82. The number of nitrogens with zero attached hydrogens (tertiary/aromatic N) is 2. The molecule has 2 aromatic heterocycles. The third kappa shape index (κ3) is 4.43. The fourth-order valence-corrected chi connectivity index (χ4v) is 3.10. The number of hydrogen-bond acceptors (Lipinski definition) is 4. The van der Waals surface area contributed by atoms with E-state index in [1.807, 2.05) is 24.3 Å². The van der Waals surface area contributed by atoms with Gasteiger partial charge in [0.1, 0.15) is 5.52 Å². The lowest BCUT2D eigenvalue weighted by molar-refractivity contribution is 0.0951. The average molecular weight is 371 g/mol. The van der Waals surface area contributed by atoms with E-state index in [0.717, 1.165) is 24.8 Å². The van der Waals surface area contributed by atoms with Gasteiger partial charge in [-0.05, 0) is 48.2 Å².